The Morgan fingerprint density at radius 2 is 2.11 bits per heavy atom. The third-order valence-electron chi connectivity index (χ3n) is 4.33. The van der Waals surface area contributed by atoms with E-state index in [2.05, 4.69) is 18.7 Å². The number of rotatable bonds is 6. The fourth-order valence-electron chi connectivity index (χ4n) is 3.37. The molecule has 1 saturated heterocycles. The fraction of sp³-hybridized carbons (Fsp3) is 1.00. The summed E-state index contributed by atoms with van der Waals surface area (Å²) in [5, 5.41) is 0. The molecule has 18 heavy (non-hydrogen) atoms. The van der Waals surface area contributed by atoms with Crippen LogP contribution in [0.15, 0.2) is 0 Å². The van der Waals surface area contributed by atoms with E-state index in [0.29, 0.717) is 0 Å². The smallest absolute Gasteiger partial charge is 0.0644 e. The Bertz CT molecular complexity index is 279. The lowest BCUT2D eigenvalue weighted by Crippen LogP contribution is -2.61. The Kier molecular flexibility index (Phi) is 4.32. The molecule has 0 aromatic carbocycles. The maximum absolute atomic E-state index is 6.16. The molecule has 2 rings (SSSR count). The molecule has 0 radical (unpaired) electrons. The quantitative estimate of drug-likeness (QED) is 0.780. The zero-order valence-electron chi connectivity index (χ0n) is 12.1. The molecular formula is C14H28N2O2. The SMILES string of the molecule is COCCN(C1CC1)C1(CN)CCOC(C)(C)C1. The average Bonchev–Trinajstić information content (AvgIpc) is 3.12. The number of ether oxygens (including phenoxy) is 2. The van der Waals surface area contributed by atoms with E-state index in [1.165, 1.54) is 12.8 Å². The molecule has 1 saturated carbocycles. The van der Waals surface area contributed by atoms with E-state index in [-0.39, 0.29) is 11.1 Å². The van der Waals surface area contributed by atoms with Gasteiger partial charge in [-0.05, 0) is 39.5 Å². The summed E-state index contributed by atoms with van der Waals surface area (Å²) in [4.78, 5) is 2.61. The molecule has 1 unspecified atom stereocenters. The highest BCUT2D eigenvalue weighted by molar-refractivity contribution is 5.04. The molecule has 0 aromatic rings. The molecule has 0 aromatic heterocycles. The molecule has 106 valence electrons. The van der Waals surface area contributed by atoms with Crippen LogP contribution >= 0.6 is 0 Å². The van der Waals surface area contributed by atoms with Gasteiger partial charge in [-0.1, -0.05) is 0 Å². The Labute approximate surface area is 111 Å². The van der Waals surface area contributed by atoms with Crippen molar-refractivity contribution >= 4 is 0 Å². The second kappa shape index (κ2) is 5.45. The number of nitrogens with zero attached hydrogens (tertiary/aromatic N) is 1. The van der Waals surface area contributed by atoms with Crippen molar-refractivity contribution in [3.8, 4) is 0 Å². The molecule has 4 heteroatoms. The van der Waals surface area contributed by atoms with Crippen LogP contribution in [0.25, 0.3) is 0 Å². The van der Waals surface area contributed by atoms with Crippen LogP contribution in [0.2, 0.25) is 0 Å². The highest BCUT2D eigenvalue weighted by atomic mass is 16.5. The van der Waals surface area contributed by atoms with E-state index in [0.717, 1.165) is 45.2 Å². The number of hydrogen-bond acceptors (Lipinski definition) is 4. The van der Waals surface area contributed by atoms with Crippen LogP contribution in [0.1, 0.15) is 39.5 Å². The minimum Gasteiger partial charge on any atom is -0.383 e. The van der Waals surface area contributed by atoms with Gasteiger partial charge in [-0.2, -0.15) is 0 Å². The third-order valence-corrected chi connectivity index (χ3v) is 4.33. The first-order chi connectivity index (χ1) is 8.53. The van der Waals surface area contributed by atoms with Crippen molar-refractivity contribution in [3.63, 3.8) is 0 Å². The Balaban J connectivity index is 2.12. The van der Waals surface area contributed by atoms with Crippen LogP contribution in [-0.2, 0) is 9.47 Å². The van der Waals surface area contributed by atoms with E-state index in [4.69, 9.17) is 15.2 Å². The summed E-state index contributed by atoms with van der Waals surface area (Å²) in [5.74, 6) is 0. The largest absolute Gasteiger partial charge is 0.383 e. The van der Waals surface area contributed by atoms with E-state index in [1.54, 1.807) is 7.11 Å². The maximum atomic E-state index is 6.16. The van der Waals surface area contributed by atoms with E-state index in [9.17, 15) is 0 Å². The van der Waals surface area contributed by atoms with Crippen molar-refractivity contribution < 1.29 is 9.47 Å². The van der Waals surface area contributed by atoms with E-state index < -0.39 is 0 Å². The van der Waals surface area contributed by atoms with Crippen LogP contribution in [0.5, 0.6) is 0 Å². The van der Waals surface area contributed by atoms with Crippen molar-refractivity contribution in [3.05, 3.63) is 0 Å². The Hall–Kier alpha value is -0.160. The van der Waals surface area contributed by atoms with Crippen molar-refractivity contribution in [1.29, 1.82) is 0 Å². The zero-order valence-corrected chi connectivity index (χ0v) is 12.1. The van der Waals surface area contributed by atoms with Gasteiger partial charge in [0.1, 0.15) is 0 Å². The van der Waals surface area contributed by atoms with Gasteiger partial charge in [-0.15, -0.1) is 0 Å². The van der Waals surface area contributed by atoms with E-state index >= 15 is 0 Å². The van der Waals surface area contributed by atoms with Gasteiger partial charge >= 0.3 is 0 Å². The molecular weight excluding hydrogens is 228 g/mol. The van der Waals surface area contributed by atoms with Gasteiger partial charge in [0, 0.05) is 38.4 Å². The summed E-state index contributed by atoms with van der Waals surface area (Å²) >= 11 is 0. The van der Waals surface area contributed by atoms with E-state index in [1.807, 2.05) is 0 Å². The molecule has 0 amide bonds. The maximum Gasteiger partial charge on any atom is 0.0644 e. The molecule has 0 spiro atoms. The van der Waals surface area contributed by atoms with Crippen molar-refractivity contribution in [2.24, 2.45) is 5.73 Å². The summed E-state index contributed by atoms with van der Waals surface area (Å²) in [5.41, 5.74) is 6.21. The monoisotopic (exact) mass is 256 g/mol. The number of nitrogens with two attached hydrogens (primary N) is 1. The van der Waals surface area contributed by atoms with Crippen molar-refractivity contribution in [1.82, 2.24) is 4.90 Å². The van der Waals surface area contributed by atoms with Crippen molar-refractivity contribution in [2.75, 3.05) is 33.4 Å². The summed E-state index contributed by atoms with van der Waals surface area (Å²) in [7, 11) is 1.77. The molecule has 1 atom stereocenters. The van der Waals surface area contributed by atoms with Crippen molar-refractivity contribution in [2.45, 2.75) is 56.7 Å². The predicted molar refractivity (Wildman–Crippen MR) is 72.7 cm³/mol. The molecule has 0 bridgehead atoms. The van der Waals surface area contributed by atoms with Gasteiger partial charge in [-0.3, -0.25) is 4.90 Å². The van der Waals surface area contributed by atoms with Crippen LogP contribution < -0.4 is 5.73 Å². The second-order valence-corrected chi connectivity index (χ2v) is 6.38. The first kappa shape index (κ1) is 14.3. The average molecular weight is 256 g/mol. The highest BCUT2D eigenvalue weighted by Crippen LogP contribution is 2.41. The van der Waals surface area contributed by atoms with Gasteiger partial charge in [0.25, 0.3) is 0 Å². The summed E-state index contributed by atoms with van der Waals surface area (Å²) in [6, 6.07) is 0.720. The van der Waals surface area contributed by atoms with Crippen LogP contribution in [-0.4, -0.2) is 55.5 Å². The number of hydrogen-bond donors (Lipinski definition) is 1. The third kappa shape index (κ3) is 3.05. The van der Waals surface area contributed by atoms with Crippen LogP contribution in [0, 0.1) is 0 Å². The molecule has 2 aliphatic rings. The first-order valence-corrected chi connectivity index (χ1v) is 7.13. The lowest BCUT2D eigenvalue weighted by molar-refractivity contribution is -0.122. The molecule has 1 aliphatic heterocycles. The normalized spacial score (nSPS) is 31.8. The first-order valence-electron chi connectivity index (χ1n) is 7.13. The summed E-state index contributed by atoms with van der Waals surface area (Å²) in [6.45, 7) is 7.68. The Morgan fingerprint density at radius 3 is 2.61 bits per heavy atom. The van der Waals surface area contributed by atoms with Gasteiger partial charge in [-0.25, -0.2) is 0 Å². The summed E-state index contributed by atoms with van der Waals surface area (Å²) in [6.07, 6.45) is 4.70. The lowest BCUT2D eigenvalue weighted by Gasteiger charge is -2.51. The number of methoxy groups -OCH3 is 1. The molecule has 2 fully saturated rings. The minimum absolute atomic E-state index is 0.0577. The zero-order chi connectivity index (χ0) is 13.2. The molecule has 1 aliphatic carbocycles. The lowest BCUT2D eigenvalue weighted by atomic mass is 9.79. The second-order valence-electron chi connectivity index (χ2n) is 6.38. The van der Waals surface area contributed by atoms with Gasteiger partial charge in [0.15, 0.2) is 0 Å². The predicted octanol–water partition coefficient (Wildman–Crippen LogP) is 1.38. The molecule has 4 nitrogen and oxygen atoms in total. The topological polar surface area (TPSA) is 47.7 Å². The minimum atomic E-state index is -0.0577. The standard InChI is InChI=1S/C14H28N2O2/c1-13(2)10-14(11-15,6-8-18-13)16(7-9-17-3)12-4-5-12/h12H,4-11,15H2,1-3H3. The highest BCUT2D eigenvalue weighted by Gasteiger charge is 2.48. The van der Waals surface area contributed by atoms with Gasteiger partial charge < -0.3 is 15.2 Å². The van der Waals surface area contributed by atoms with Crippen LogP contribution in [0.3, 0.4) is 0 Å². The fourth-order valence-corrected chi connectivity index (χ4v) is 3.37. The van der Waals surface area contributed by atoms with Gasteiger partial charge in [0.05, 0.1) is 12.2 Å². The van der Waals surface area contributed by atoms with Crippen LogP contribution in [0.4, 0.5) is 0 Å². The van der Waals surface area contributed by atoms with Gasteiger partial charge in [0.2, 0.25) is 0 Å². The summed E-state index contributed by atoms with van der Waals surface area (Å²) < 4.78 is 11.1. The molecule has 1 heterocycles. The molecule has 2 N–H and O–H groups in total. The Morgan fingerprint density at radius 1 is 1.39 bits per heavy atom.